The molecule has 0 saturated carbocycles. The Bertz CT molecular complexity index is 566. The smallest absolute Gasteiger partial charge is 0.180 e. The minimum atomic E-state index is -3.22. The first-order valence-corrected chi connectivity index (χ1v) is 8.98. The van der Waals surface area contributed by atoms with Crippen molar-refractivity contribution in [1.29, 1.82) is 0 Å². The molecule has 2 N–H and O–H groups in total. The summed E-state index contributed by atoms with van der Waals surface area (Å²) >= 11 is 0. The van der Waals surface area contributed by atoms with Crippen molar-refractivity contribution in [3.8, 4) is 0 Å². The van der Waals surface area contributed by atoms with Crippen LogP contribution in [0, 0.1) is 0 Å². The number of sulfone groups is 1. The monoisotopic (exact) mass is 312 g/mol. The van der Waals surface area contributed by atoms with E-state index in [1.807, 2.05) is 12.1 Å². The van der Waals surface area contributed by atoms with E-state index in [0.29, 0.717) is 23.7 Å². The predicted octanol–water partition coefficient (Wildman–Crippen LogP) is 1.66. The van der Waals surface area contributed by atoms with Gasteiger partial charge in [0.1, 0.15) is 0 Å². The molecular weight excluding hydrogens is 288 g/mol. The van der Waals surface area contributed by atoms with Gasteiger partial charge in [0.05, 0.1) is 28.5 Å². The largest absolute Gasteiger partial charge is 0.383 e. The van der Waals surface area contributed by atoms with Crippen LogP contribution in [0.25, 0.3) is 0 Å². The van der Waals surface area contributed by atoms with Gasteiger partial charge in [0.25, 0.3) is 0 Å². The highest BCUT2D eigenvalue weighted by Gasteiger charge is 2.33. The van der Waals surface area contributed by atoms with E-state index in [0.717, 1.165) is 19.4 Å². The van der Waals surface area contributed by atoms with Crippen LogP contribution in [-0.4, -0.2) is 46.5 Å². The number of nitrogens with one attached hydrogen (secondary N) is 2. The highest BCUT2D eigenvalue weighted by Crippen LogP contribution is 2.25. The third kappa shape index (κ3) is 3.75. The fraction of sp³-hybridized carbons (Fsp3) is 0.600. The van der Waals surface area contributed by atoms with Gasteiger partial charge in [0.15, 0.2) is 9.84 Å². The maximum absolute atomic E-state index is 12.1. The molecular formula is C15H24N2O3S. The van der Waals surface area contributed by atoms with E-state index < -0.39 is 9.84 Å². The number of hydrogen-bond acceptors (Lipinski definition) is 5. The summed E-state index contributed by atoms with van der Waals surface area (Å²) in [5.41, 5.74) is 0.557. The average Bonchev–Trinajstić information content (AvgIpc) is 2.95. The zero-order valence-corrected chi connectivity index (χ0v) is 13.5. The molecule has 0 radical (unpaired) electrons. The van der Waals surface area contributed by atoms with E-state index in [1.54, 1.807) is 26.2 Å². The van der Waals surface area contributed by atoms with Gasteiger partial charge in [-0.2, -0.15) is 0 Å². The third-order valence-corrected chi connectivity index (χ3v) is 5.76. The molecule has 0 amide bonds. The molecule has 0 spiro atoms. The van der Waals surface area contributed by atoms with Crippen molar-refractivity contribution in [1.82, 2.24) is 5.32 Å². The number of ether oxygens (including phenoxy) is 1. The fourth-order valence-electron chi connectivity index (χ4n) is 2.77. The molecule has 1 aliphatic rings. The average molecular weight is 312 g/mol. The van der Waals surface area contributed by atoms with E-state index in [1.165, 1.54) is 0 Å². The molecule has 1 saturated heterocycles. The number of hydrogen-bond donors (Lipinski definition) is 2. The first kappa shape index (κ1) is 16.3. The van der Waals surface area contributed by atoms with Crippen molar-refractivity contribution in [3.05, 3.63) is 24.3 Å². The molecule has 1 aromatic rings. The molecule has 1 heterocycles. The van der Waals surface area contributed by atoms with Gasteiger partial charge in [-0.05, 0) is 31.5 Å². The Morgan fingerprint density at radius 1 is 1.38 bits per heavy atom. The van der Waals surface area contributed by atoms with Crippen molar-refractivity contribution in [2.24, 2.45) is 0 Å². The summed E-state index contributed by atoms with van der Waals surface area (Å²) in [5, 5.41) is 6.78. The maximum atomic E-state index is 12.1. The van der Waals surface area contributed by atoms with Crippen LogP contribution in [0.4, 0.5) is 5.69 Å². The Morgan fingerprint density at radius 2 is 2.14 bits per heavy atom. The number of methoxy groups -OCH3 is 1. The highest BCUT2D eigenvalue weighted by atomic mass is 32.2. The minimum absolute atomic E-state index is 0.104. The lowest BCUT2D eigenvalue weighted by molar-refractivity contribution is 0.127. The molecule has 0 aliphatic carbocycles. The molecule has 118 valence electrons. The summed E-state index contributed by atoms with van der Waals surface area (Å²) in [6.45, 7) is 3.90. The van der Waals surface area contributed by atoms with E-state index in [2.05, 4.69) is 10.6 Å². The summed E-state index contributed by atoms with van der Waals surface area (Å²) < 4.78 is 29.6. The number of para-hydroxylation sites is 1. The summed E-state index contributed by atoms with van der Waals surface area (Å²) in [7, 11) is -1.53. The number of benzene rings is 1. The van der Waals surface area contributed by atoms with Crippen molar-refractivity contribution in [3.63, 3.8) is 0 Å². The lowest BCUT2D eigenvalue weighted by Gasteiger charge is -2.29. The summed E-state index contributed by atoms with van der Waals surface area (Å²) in [6, 6.07) is 7.08. The normalized spacial score (nSPS) is 22.4. The van der Waals surface area contributed by atoms with Crippen LogP contribution in [0.3, 0.4) is 0 Å². The van der Waals surface area contributed by atoms with Gasteiger partial charge in [-0.15, -0.1) is 0 Å². The quantitative estimate of drug-likeness (QED) is 0.801. The molecule has 1 fully saturated rings. The number of rotatable bonds is 7. The Morgan fingerprint density at radius 3 is 2.76 bits per heavy atom. The van der Waals surface area contributed by atoms with Crippen molar-refractivity contribution in [2.45, 2.75) is 30.2 Å². The topological polar surface area (TPSA) is 67.4 Å². The minimum Gasteiger partial charge on any atom is -0.383 e. The lowest BCUT2D eigenvalue weighted by atomic mass is 9.98. The van der Waals surface area contributed by atoms with Gasteiger partial charge in [0, 0.05) is 13.7 Å². The van der Waals surface area contributed by atoms with Gasteiger partial charge >= 0.3 is 0 Å². The van der Waals surface area contributed by atoms with Crippen molar-refractivity contribution in [2.75, 3.05) is 37.9 Å². The van der Waals surface area contributed by atoms with E-state index in [-0.39, 0.29) is 11.3 Å². The van der Waals surface area contributed by atoms with Crippen LogP contribution >= 0.6 is 0 Å². The van der Waals surface area contributed by atoms with Crippen LogP contribution in [0.15, 0.2) is 29.2 Å². The zero-order chi connectivity index (χ0) is 15.3. The summed E-state index contributed by atoms with van der Waals surface area (Å²) in [5.74, 6) is 0.104. The Kier molecular flexibility index (Phi) is 5.24. The lowest BCUT2D eigenvalue weighted by Crippen LogP contribution is -2.49. The molecule has 0 aromatic heterocycles. The van der Waals surface area contributed by atoms with Gasteiger partial charge < -0.3 is 15.4 Å². The second kappa shape index (κ2) is 6.77. The fourth-order valence-corrected chi connectivity index (χ4v) is 3.85. The zero-order valence-electron chi connectivity index (χ0n) is 12.7. The molecule has 1 atom stereocenters. The van der Waals surface area contributed by atoms with Crippen LogP contribution in [0.2, 0.25) is 0 Å². The highest BCUT2D eigenvalue weighted by molar-refractivity contribution is 7.91. The van der Waals surface area contributed by atoms with E-state index in [9.17, 15) is 8.42 Å². The standard InChI is InChI=1S/C15H24N2O3S/c1-3-21(18,19)14-8-5-4-7-13(14)16-11-15(12-20-2)9-6-10-17-15/h4-5,7-8,16-17H,3,6,9-12H2,1-2H3. The van der Waals surface area contributed by atoms with Crippen LogP contribution in [0.5, 0.6) is 0 Å². The van der Waals surface area contributed by atoms with E-state index in [4.69, 9.17) is 4.74 Å². The molecule has 1 unspecified atom stereocenters. The molecule has 2 rings (SSSR count). The van der Waals surface area contributed by atoms with Gasteiger partial charge in [-0.25, -0.2) is 8.42 Å². The van der Waals surface area contributed by atoms with E-state index >= 15 is 0 Å². The molecule has 5 nitrogen and oxygen atoms in total. The van der Waals surface area contributed by atoms with Crippen molar-refractivity contribution < 1.29 is 13.2 Å². The Labute approximate surface area is 127 Å². The maximum Gasteiger partial charge on any atom is 0.180 e. The summed E-state index contributed by atoms with van der Waals surface area (Å²) in [4.78, 5) is 0.373. The first-order valence-electron chi connectivity index (χ1n) is 7.33. The molecule has 21 heavy (non-hydrogen) atoms. The SMILES string of the molecule is CCS(=O)(=O)c1ccccc1NCC1(COC)CCCN1. The number of anilines is 1. The Balaban J connectivity index is 2.17. The molecule has 0 bridgehead atoms. The second-order valence-electron chi connectivity index (χ2n) is 5.50. The molecule has 1 aromatic carbocycles. The summed E-state index contributed by atoms with van der Waals surface area (Å²) in [6.07, 6.45) is 2.14. The van der Waals surface area contributed by atoms with Crippen LogP contribution in [-0.2, 0) is 14.6 Å². The van der Waals surface area contributed by atoms with Crippen molar-refractivity contribution >= 4 is 15.5 Å². The predicted molar refractivity (Wildman–Crippen MR) is 84.5 cm³/mol. The first-order chi connectivity index (χ1) is 10.0. The van der Waals surface area contributed by atoms with Gasteiger partial charge in [0.2, 0.25) is 0 Å². The van der Waals surface area contributed by atoms with Crippen LogP contribution < -0.4 is 10.6 Å². The Hall–Kier alpha value is -1.11. The second-order valence-corrected chi connectivity index (χ2v) is 7.74. The molecule has 6 heteroatoms. The van der Waals surface area contributed by atoms with Crippen LogP contribution in [0.1, 0.15) is 19.8 Å². The third-order valence-electron chi connectivity index (χ3n) is 3.97. The van der Waals surface area contributed by atoms with Gasteiger partial charge in [-0.1, -0.05) is 19.1 Å². The molecule has 1 aliphatic heterocycles. The van der Waals surface area contributed by atoms with Gasteiger partial charge in [-0.3, -0.25) is 0 Å².